The first kappa shape index (κ1) is 9.63. The second-order valence-electron chi connectivity index (χ2n) is 3.19. The Kier molecular flexibility index (Phi) is 4.28. The van der Waals surface area contributed by atoms with Crippen LogP contribution < -0.4 is 0 Å². The number of aliphatic hydroxyl groups is 1. The van der Waals surface area contributed by atoms with E-state index in [2.05, 4.69) is 0 Å². The molecule has 2 atom stereocenters. The topological polar surface area (TPSA) is 37.3 Å². The Bertz CT molecular complexity index is 99.4. The fourth-order valence-corrected chi connectivity index (χ4v) is 0.788. The standard InChI is InChI=1S/C8H16O2/c1-6(2)4-8(10)7(3)5-9/h5-8,10H,4H2,1-3H3/t7-,8+/m0/s1. The van der Waals surface area contributed by atoms with E-state index in [9.17, 15) is 9.90 Å². The maximum absolute atomic E-state index is 10.2. The molecule has 0 bridgehead atoms. The number of hydrogen-bond acceptors (Lipinski definition) is 2. The first-order valence-electron chi connectivity index (χ1n) is 3.71. The Balaban J connectivity index is 3.60. The van der Waals surface area contributed by atoms with E-state index in [1.807, 2.05) is 13.8 Å². The van der Waals surface area contributed by atoms with Gasteiger partial charge in [0.1, 0.15) is 6.29 Å². The van der Waals surface area contributed by atoms with Gasteiger partial charge in [0.15, 0.2) is 0 Å². The molecular formula is C8H16O2. The SMILES string of the molecule is CC(C)C[C@@H](O)[C@@H](C)C=O. The molecule has 1 N–H and O–H groups in total. The molecule has 2 heteroatoms. The van der Waals surface area contributed by atoms with Gasteiger partial charge in [0.2, 0.25) is 0 Å². The van der Waals surface area contributed by atoms with Crippen LogP contribution in [0.15, 0.2) is 0 Å². The van der Waals surface area contributed by atoms with Crippen molar-refractivity contribution in [1.29, 1.82) is 0 Å². The number of hydrogen-bond donors (Lipinski definition) is 1. The number of carbonyl (C=O) groups is 1. The van der Waals surface area contributed by atoms with Crippen LogP contribution in [-0.2, 0) is 4.79 Å². The Morgan fingerprint density at radius 2 is 1.90 bits per heavy atom. The molecule has 0 aliphatic heterocycles. The van der Waals surface area contributed by atoms with Crippen LogP contribution in [0.1, 0.15) is 27.2 Å². The summed E-state index contributed by atoms with van der Waals surface area (Å²) in [5.74, 6) is 0.236. The van der Waals surface area contributed by atoms with Crippen molar-refractivity contribution < 1.29 is 9.90 Å². The van der Waals surface area contributed by atoms with E-state index in [1.54, 1.807) is 6.92 Å². The van der Waals surface area contributed by atoms with Gasteiger partial charge >= 0.3 is 0 Å². The van der Waals surface area contributed by atoms with Gasteiger partial charge in [-0.15, -0.1) is 0 Å². The molecule has 60 valence electrons. The van der Waals surface area contributed by atoms with Crippen molar-refractivity contribution in [3.05, 3.63) is 0 Å². The van der Waals surface area contributed by atoms with E-state index in [0.29, 0.717) is 12.3 Å². The first-order valence-corrected chi connectivity index (χ1v) is 3.71. The minimum absolute atomic E-state index is 0.220. The highest BCUT2D eigenvalue weighted by Crippen LogP contribution is 2.10. The predicted molar refractivity (Wildman–Crippen MR) is 40.7 cm³/mol. The molecule has 0 heterocycles. The summed E-state index contributed by atoms with van der Waals surface area (Å²) in [5, 5.41) is 9.26. The van der Waals surface area contributed by atoms with Gasteiger partial charge in [-0.05, 0) is 12.3 Å². The van der Waals surface area contributed by atoms with Crippen LogP contribution in [0.25, 0.3) is 0 Å². The number of aldehydes is 1. The highest BCUT2D eigenvalue weighted by molar-refractivity contribution is 5.53. The summed E-state index contributed by atoms with van der Waals surface area (Å²) in [6.45, 7) is 5.79. The van der Waals surface area contributed by atoms with Crippen molar-refractivity contribution in [2.45, 2.75) is 33.3 Å². The molecule has 0 aromatic heterocycles. The number of aliphatic hydroxyl groups excluding tert-OH is 1. The van der Waals surface area contributed by atoms with Crippen molar-refractivity contribution in [3.8, 4) is 0 Å². The van der Waals surface area contributed by atoms with E-state index < -0.39 is 6.10 Å². The van der Waals surface area contributed by atoms with Gasteiger partial charge < -0.3 is 9.90 Å². The predicted octanol–water partition coefficient (Wildman–Crippen LogP) is 1.23. The molecule has 0 saturated carbocycles. The van der Waals surface area contributed by atoms with Crippen molar-refractivity contribution in [2.24, 2.45) is 11.8 Å². The second kappa shape index (κ2) is 4.45. The zero-order valence-electron chi connectivity index (χ0n) is 6.87. The van der Waals surface area contributed by atoms with Gasteiger partial charge in [0.05, 0.1) is 6.10 Å². The lowest BCUT2D eigenvalue weighted by molar-refractivity contribution is -0.113. The Morgan fingerprint density at radius 1 is 1.40 bits per heavy atom. The third kappa shape index (κ3) is 3.62. The van der Waals surface area contributed by atoms with E-state index >= 15 is 0 Å². The largest absolute Gasteiger partial charge is 0.392 e. The summed E-state index contributed by atoms with van der Waals surface area (Å²) in [6.07, 6.45) is 1.05. The molecule has 0 aromatic rings. The van der Waals surface area contributed by atoms with Gasteiger partial charge in [-0.3, -0.25) is 0 Å². The van der Waals surface area contributed by atoms with E-state index in [-0.39, 0.29) is 5.92 Å². The summed E-state index contributed by atoms with van der Waals surface area (Å²) in [4.78, 5) is 10.2. The molecule has 0 unspecified atom stereocenters. The third-order valence-electron chi connectivity index (χ3n) is 1.53. The van der Waals surface area contributed by atoms with Crippen molar-refractivity contribution in [3.63, 3.8) is 0 Å². The minimum atomic E-state index is -0.461. The second-order valence-corrected chi connectivity index (χ2v) is 3.19. The third-order valence-corrected chi connectivity index (χ3v) is 1.53. The molecule has 10 heavy (non-hydrogen) atoms. The zero-order valence-corrected chi connectivity index (χ0v) is 6.87. The van der Waals surface area contributed by atoms with Gasteiger partial charge in [-0.1, -0.05) is 20.8 Å². The van der Waals surface area contributed by atoms with Gasteiger partial charge in [-0.2, -0.15) is 0 Å². The Morgan fingerprint density at radius 3 is 2.20 bits per heavy atom. The molecule has 0 spiro atoms. The molecule has 0 fully saturated rings. The average Bonchev–Trinajstić information content (AvgIpc) is 1.85. The van der Waals surface area contributed by atoms with Gasteiger partial charge in [-0.25, -0.2) is 0 Å². The van der Waals surface area contributed by atoms with Gasteiger partial charge in [0.25, 0.3) is 0 Å². The summed E-state index contributed by atoms with van der Waals surface area (Å²) >= 11 is 0. The lowest BCUT2D eigenvalue weighted by Crippen LogP contribution is -2.20. The average molecular weight is 144 g/mol. The van der Waals surface area contributed by atoms with E-state index in [1.165, 1.54) is 0 Å². The van der Waals surface area contributed by atoms with Gasteiger partial charge in [0, 0.05) is 5.92 Å². The summed E-state index contributed by atoms with van der Waals surface area (Å²) in [5.41, 5.74) is 0. The lowest BCUT2D eigenvalue weighted by Gasteiger charge is -2.14. The fourth-order valence-electron chi connectivity index (χ4n) is 0.788. The molecular weight excluding hydrogens is 128 g/mol. The molecule has 0 aromatic carbocycles. The van der Waals surface area contributed by atoms with Crippen LogP contribution in [0.5, 0.6) is 0 Å². The first-order chi connectivity index (χ1) is 4.57. The highest BCUT2D eigenvalue weighted by Gasteiger charge is 2.13. The quantitative estimate of drug-likeness (QED) is 0.602. The number of rotatable bonds is 4. The molecule has 0 rings (SSSR count). The molecule has 0 radical (unpaired) electrons. The lowest BCUT2D eigenvalue weighted by atomic mass is 9.97. The fraction of sp³-hybridized carbons (Fsp3) is 0.875. The Hall–Kier alpha value is -0.370. The Labute approximate surface area is 62.2 Å². The number of carbonyl (C=O) groups excluding carboxylic acids is 1. The molecule has 0 aliphatic rings. The van der Waals surface area contributed by atoms with Crippen LogP contribution in [0.4, 0.5) is 0 Å². The van der Waals surface area contributed by atoms with Crippen LogP contribution in [0, 0.1) is 11.8 Å². The highest BCUT2D eigenvalue weighted by atomic mass is 16.3. The zero-order chi connectivity index (χ0) is 8.15. The van der Waals surface area contributed by atoms with Crippen molar-refractivity contribution in [1.82, 2.24) is 0 Å². The molecule has 0 saturated heterocycles. The molecule has 0 amide bonds. The molecule has 2 nitrogen and oxygen atoms in total. The normalized spacial score (nSPS) is 16.9. The minimum Gasteiger partial charge on any atom is -0.392 e. The summed E-state index contributed by atoms with van der Waals surface area (Å²) in [6, 6.07) is 0. The van der Waals surface area contributed by atoms with Crippen molar-refractivity contribution >= 4 is 6.29 Å². The van der Waals surface area contributed by atoms with Crippen LogP contribution in [-0.4, -0.2) is 17.5 Å². The van der Waals surface area contributed by atoms with E-state index in [4.69, 9.17) is 0 Å². The smallest absolute Gasteiger partial charge is 0.125 e. The van der Waals surface area contributed by atoms with E-state index in [0.717, 1.165) is 6.29 Å². The monoisotopic (exact) mass is 144 g/mol. The van der Waals surface area contributed by atoms with Crippen LogP contribution in [0.2, 0.25) is 0 Å². The maximum Gasteiger partial charge on any atom is 0.125 e. The van der Waals surface area contributed by atoms with Crippen LogP contribution in [0.3, 0.4) is 0 Å². The summed E-state index contributed by atoms with van der Waals surface area (Å²) in [7, 11) is 0. The van der Waals surface area contributed by atoms with Crippen LogP contribution >= 0.6 is 0 Å². The maximum atomic E-state index is 10.2. The van der Waals surface area contributed by atoms with Crippen molar-refractivity contribution in [2.75, 3.05) is 0 Å². The summed E-state index contributed by atoms with van der Waals surface area (Å²) < 4.78 is 0. The molecule has 0 aliphatic carbocycles.